The minimum Gasteiger partial charge on any atom is -0.467 e. The van der Waals surface area contributed by atoms with Crippen molar-refractivity contribution in [1.82, 2.24) is 10.6 Å². The first-order valence-electron chi connectivity index (χ1n) is 6.10. The Labute approximate surface area is 108 Å². The topological polar surface area (TPSA) is 87.7 Å². The van der Waals surface area contributed by atoms with Gasteiger partial charge in [0.2, 0.25) is 5.91 Å². The van der Waals surface area contributed by atoms with Crippen molar-refractivity contribution < 1.29 is 19.4 Å². The van der Waals surface area contributed by atoms with Crippen LogP contribution in [0.4, 0.5) is 0 Å². The minimum atomic E-state index is -0.723. The number of aliphatic hydroxyl groups excluding tert-OH is 1. The van der Waals surface area contributed by atoms with Crippen LogP contribution in [0.25, 0.3) is 0 Å². The molecule has 3 N–H and O–H groups in total. The summed E-state index contributed by atoms with van der Waals surface area (Å²) in [4.78, 5) is 22.3. The van der Waals surface area contributed by atoms with Crippen LogP contribution in [0.2, 0.25) is 0 Å². The molecule has 0 bridgehead atoms. The first-order chi connectivity index (χ1) is 8.36. The van der Waals surface area contributed by atoms with Gasteiger partial charge in [-0.25, -0.2) is 4.79 Å². The lowest BCUT2D eigenvalue weighted by atomic mass is 10.1. The highest BCUT2D eigenvalue weighted by Gasteiger charge is 2.19. The number of carbonyl (C=O) groups excluding carboxylic acids is 2. The molecule has 0 heterocycles. The highest BCUT2D eigenvalue weighted by molar-refractivity contribution is 5.83. The highest BCUT2D eigenvalue weighted by Crippen LogP contribution is 2.03. The quantitative estimate of drug-likeness (QED) is 0.520. The van der Waals surface area contributed by atoms with E-state index in [1.807, 2.05) is 13.8 Å². The van der Waals surface area contributed by atoms with E-state index in [-0.39, 0.29) is 12.5 Å². The van der Waals surface area contributed by atoms with Gasteiger partial charge in [-0.15, -0.1) is 0 Å². The average Bonchev–Trinajstić information content (AvgIpc) is 2.25. The number of aliphatic hydroxyl groups is 1. The van der Waals surface area contributed by atoms with E-state index < -0.39 is 18.1 Å². The van der Waals surface area contributed by atoms with Gasteiger partial charge in [-0.1, -0.05) is 13.8 Å². The molecule has 0 saturated heterocycles. The first-order valence-corrected chi connectivity index (χ1v) is 6.10. The van der Waals surface area contributed by atoms with Crippen molar-refractivity contribution >= 4 is 11.9 Å². The molecule has 0 aliphatic heterocycles. The summed E-state index contributed by atoms with van der Waals surface area (Å²) in [5.41, 5.74) is 0. The zero-order chi connectivity index (χ0) is 14.1. The average molecular weight is 260 g/mol. The van der Waals surface area contributed by atoms with E-state index in [4.69, 9.17) is 0 Å². The van der Waals surface area contributed by atoms with Crippen molar-refractivity contribution in [2.45, 2.75) is 39.3 Å². The summed E-state index contributed by atoms with van der Waals surface area (Å²) in [5.74, 6) is -0.389. The summed E-state index contributed by atoms with van der Waals surface area (Å²) < 4.78 is 4.58. The van der Waals surface area contributed by atoms with E-state index in [1.165, 1.54) is 14.0 Å². The van der Waals surface area contributed by atoms with Crippen LogP contribution in [0.3, 0.4) is 0 Å². The Bertz CT molecular complexity index is 269. The van der Waals surface area contributed by atoms with Gasteiger partial charge in [0, 0.05) is 20.0 Å². The van der Waals surface area contributed by atoms with Crippen LogP contribution in [-0.4, -0.2) is 49.3 Å². The third-order valence-corrected chi connectivity index (χ3v) is 2.34. The molecular formula is C12H24N2O4. The number of nitrogens with one attached hydrogen (secondary N) is 2. The molecule has 0 aliphatic carbocycles. The number of esters is 1. The molecule has 0 rings (SSSR count). The summed E-state index contributed by atoms with van der Waals surface area (Å²) in [7, 11) is 1.27. The number of amides is 1. The molecule has 0 aromatic carbocycles. The lowest BCUT2D eigenvalue weighted by Gasteiger charge is -2.18. The Morgan fingerprint density at radius 2 is 1.89 bits per heavy atom. The molecule has 6 heteroatoms. The second-order valence-electron chi connectivity index (χ2n) is 4.72. The lowest BCUT2D eigenvalue weighted by molar-refractivity contribution is -0.144. The van der Waals surface area contributed by atoms with Crippen molar-refractivity contribution in [3.8, 4) is 0 Å². The smallest absolute Gasteiger partial charge is 0.329 e. The summed E-state index contributed by atoms with van der Waals surface area (Å²) >= 11 is 0. The summed E-state index contributed by atoms with van der Waals surface area (Å²) in [5, 5.41) is 15.1. The fourth-order valence-corrected chi connectivity index (χ4v) is 1.60. The summed E-state index contributed by atoms with van der Waals surface area (Å²) in [6.07, 6.45) is 0.233. The van der Waals surface area contributed by atoms with Crippen LogP contribution < -0.4 is 10.6 Å². The molecule has 0 aromatic heterocycles. The van der Waals surface area contributed by atoms with Crippen molar-refractivity contribution in [1.29, 1.82) is 0 Å². The largest absolute Gasteiger partial charge is 0.467 e. The van der Waals surface area contributed by atoms with Crippen molar-refractivity contribution in [2.75, 3.05) is 20.2 Å². The van der Waals surface area contributed by atoms with Crippen LogP contribution in [0, 0.1) is 5.92 Å². The number of hydrogen-bond donors (Lipinski definition) is 3. The van der Waals surface area contributed by atoms with Crippen LogP contribution in [-0.2, 0) is 14.3 Å². The maximum Gasteiger partial charge on any atom is 0.329 e. The molecule has 18 heavy (non-hydrogen) atoms. The molecule has 0 spiro atoms. The molecular weight excluding hydrogens is 236 g/mol. The lowest BCUT2D eigenvalue weighted by Crippen LogP contribution is -2.48. The summed E-state index contributed by atoms with van der Waals surface area (Å²) in [6.45, 7) is 6.01. The van der Waals surface area contributed by atoms with Crippen molar-refractivity contribution in [3.63, 3.8) is 0 Å². The van der Waals surface area contributed by atoms with E-state index in [0.717, 1.165) is 0 Å². The van der Waals surface area contributed by atoms with E-state index in [1.54, 1.807) is 0 Å². The zero-order valence-corrected chi connectivity index (χ0v) is 11.5. The summed E-state index contributed by atoms with van der Waals surface area (Å²) in [6, 6.07) is -0.723. The zero-order valence-electron chi connectivity index (χ0n) is 11.5. The van der Waals surface area contributed by atoms with Gasteiger partial charge in [-0.2, -0.15) is 0 Å². The van der Waals surface area contributed by atoms with Gasteiger partial charge in [-0.3, -0.25) is 4.79 Å². The molecule has 106 valence electrons. The fraction of sp³-hybridized carbons (Fsp3) is 0.833. The molecule has 1 amide bonds. The van der Waals surface area contributed by atoms with Crippen molar-refractivity contribution in [2.24, 2.45) is 5.92 Å². The van der Waals surface area contributed by atoms with Gasteiger partial charge in [0.15, 0.2) is 0 Å². The second-order valence-corrected chi connectivity index (χ2v) is 4.72. The maximum absolute atomic E-state index is 11.4. The molecule has 2 unspecified atom stereocenters. The second kappa shape index (κ2) is 8.88. The molecule has 0 radical (unpaired) electrons. The fourth-order valence-electron chi connectivity index (χ4n) is 1.60. The van der Waals surface area contributed by atoms with Gasteiger partial charge in [0.25, 0.3) is 0 Å². The third kappa shape index (κ3) is 8.03. The number of hydrogen-bond acceptors (Lipinski definition) is 5. The Kier molecular flexibility index (Phi) is 8.32. The van der Waals surface area contributed by atoms with E-state index in [2.05, 4.69) is 15.4 Å². The Morgan fingerprint density at radius 3 is 2.33 bits per heavy atom. The number of rotatable bonds is 8. The van der Waals surface area contributed by atoms with Gasteiger partial charge in [0.05, 0.1) is 13.2 Å². The Balaban J connectivity index is 4.03. The van der Waals surface area contributed by atoms with Crippen LogP contribution in [0.15, 0.2) is 0 Å². The standard InChI is InChI=1S/C12H24N2O4/c1-8(2)5-10(16)6-13-7-11(12(17)18-4)14-9(3)15/h8,10-11,13,16H,5-7H2,1-4H3,(H,14,15). The predicted octanol–water partition coefficient (Wildman–Crippen LogP) is -0.339. The SMILES string of the molecule is COC(=O)C(CNCC(O)CC(C)C)NC(C)=O. The van der Waals surface area contributed by atoms with E-state index in [9.17, 15) is 14.7 Å². The normalized spacial score (nSPS) is 14.1. The molecule has 0 aliphatic rings. The van der Waals surface area contributed by atoms with Gasteiger partial charge < -0.3 is 20.5 Å². The van der Waals surface area contributed by atoms with Gasteiger partial charge >= 0.3 is 5.97 Å². The molecule has 0 saturated carbocycles. The maximum atomic E-state index is 11.4. The molecule has 6 nitrogen and oxygen atoms in total. The van der Waals surface area contributed by atoms with Crippen molar-refractivity contribution in [3.05, 3.63) is 0 Å². The first kappa shape index (κ1) is 16.9. The molecule has 0 fully saturated rings. The predicted molar refractivity (Wildman–Crippen MR) is 68.0 cm³/mol. The van der Waals surface area contributed by atoms with Crippen LogP contribution in [0.5, 0.6) is 0 Å². The van der Waals surface area contributed by atoms with Gasteiger partial charge in [0.1, 0.15) is 6.04 Å². The number of ether oxygens (including phenoxy) is 1. The molecule has 2 atom stereocenters. The Hall–Kier alpha value is -1.14. The number of carbonyl (C=O) groups is 2. The van der Waals surface area contributed by atoms with Crippen LogP contribution in [0.1, 0.15) is 27.2 Å². The highest BCUT2D eigenvalue weighted by atomic mass is 16.5. The minimum absolute atomic E-state index is 0.238. The third-order valence-electron chi connectivity index (χ3n) is 2.34. The molecule has 0 aromatic rings. The number of methoxy groups -OCH3 is 1. The van der Waals surface area contributed by atoms with Gasteiger partial charge in [-0.05, 0) is 12.3 Å². The Morgan fingerprint density at radius 1 is 1.28 bits per heavy atom. The monoisotopic (exact) mass is 260 g/mol. The van der Waals surface area contributed by atoms with E-state index >= 15 is 0 Å². The van der Waals surface area contributed by atoms with E-state index in [0.29, 0.717) is 18.9 Å². The van der Waals surface area contributed by atoms with Crippen LogP contribution >= 0.6 is 0 Å².